The van der Waals surface area contributed by atoms with Crippen LogP contribution in [0.4, 0.5) is 13.2 Å². The van der Waals surface area contributed by atoms with Gasteiger partial charge in [0.2, 0.25) is 0 Å². The first kappa shape index (κ1) is 20.7. The van der Waals surface area contributed by atoms with Gasteiger partial charge in [-0.2, -0.15) is 13.2 Å². The fourth-order valence-corrected chi connectivity index (χ4v) is 2.26. The van der Waals surface area contributed by atoms with E-state index in [1.165, 1.54) is 24.3 Å². The van der Waals surface area contributed by atoms with Gasteiger partial charge in [-0.25, -0.2) is 0 Å². The summed E-state index contributed by atoms with van der Waals surface area (Å²) in [6.07, 6.45) is -1.20. The molecule has 0 radical (unpaired) electrons. The lowest BCUT2D eigenvalue weighted by Crippen LogP contribution is -2.07. The topological polar surface area (TPSA) is 26.3 Å². The van der Waals surface area contributed by atoms with Crippen LogP contribution in [0.25, 0.3) is 0 Å². The molecule has 0 aliphatic carbocycles. The van der Waals surface area contributed by atoms with E-state index in [4.69, 9.17) is 4.74 Å². The van der Waals surface area contributed by atoms with Crippen LogP contribution in [0.3, 0.4) is 0 Å². The number of aryl methyl sites for hydroxylation is 1. The average Bonchev–Trinajstić information content (AvgIpc) is 2.61. The fourth-order valence-electron chi connectivity index (χ4n) is 2.26. The highest BCUT2D eigenvalue weighted by atomic mass is 19.4. The zero-order chi connectivity index (χ0) is 18.9. The molecule has 0 amide bonds. The van der Waals surface area contributed by atoms with E-state index >= 15 is 0 Å². The number of para-hydroxylation sites is 1. The molecule has 0 N–H and O–H groups in total. The van der Waals surface area contributed by atoms with E-state index in [9.17, 15) is 18.0 Å². The summed E-state index contributed by atoms with van der Waals surface area (Å²) in [6, 6.07) is 9.78. The lowest BCUT2D eigenvalue weighted by Gasteiger charge is -2.14. The molecule has 2 aromatic rings. The second kappa shape index (κ2) is 9.87. The molecule has 2 aromatic carbocycles. The monoisotopic (exact) mass is 352 g/mol. The van der Waals surface area contributed by atoms with Crippen molar-refractivity contribution in [2.24, 2.45) is 0 Å². The molecule has 0 spiro atoms. The molecule has 136 valence electrons. The van der Waals surface area contributed by atoms with Gasteiger partial charge in [-0.15, -0.1) is 0 Å². The van der Waals surface area contributed by atoms with Crippen molar-refractivity contribution in [1.82, 2.24) is 0 Å². The molecule has 0 aliphatic heterocycles. The van der Waals surface area contributed by atoms with Crippen molar-refractivity contribution in [1.29, 1.82) is 0 Å². The number of rotatable bonds is 6. The van der Waals surface area contributed by atoms with Crippen molar-refractivity contribution in [2.75, 3.05) is 0 Å². The van der Waals surface area contributed by atoms with Gasteiger partial charge in [-0.1, -0.05) is 39.3 Å². The van der Waals surface area contributed by atoms with Crippen LogP contribution in [-0.4, -0.2) is 6.29 Å². The van der Waals surface area contributed by atoms with Crippen molar-refractivity contribution in [3.05, 3.63) is 59.2 Å². The highest BCUT2D eigenvalue weighted by molar-refractivity contribution is 5.77. The van der Waals surface area contributed by atoms with Gasteiger partial charge < -0.3 is 4.74 Å². The molecule has 0 heterocycles. The predicted octanol–water partition coefficient (Wildman–Crippen LogP) is 6.68. The van der Waals surface area contributed by atoms with Crippen LogP contribution in [0, 0.1) is 0 Å². The van der Waals surface area contributed by atoms with E-state index in [2.05, 4.69) is 0 Å². The maximum absolute atomic E-state index is 13.0. The number of alkyl halides is 3. The van der Waals surface area contributed by atoms with E-state index < -0.39 is 11.7 Å². The zero-order valence-corrected chi connectivity index (χ0v) is 14.7. The van der Waals surface area contributed by atoms with Crippen molar-refractivity contribution in [3.8, 4) is 11.5 Å². The maximum Gasteiger partial charge on any atom is 0.419 e. The number of halogens is 3. The van der Waals surface area contributed by atoms with Crippen LogP contribution in [0.1, 0.15) is 55.1 Å². The van der Waals surface area contributed by atoms with Gasteiger partial charge in [-0.05, 0) is 48.7 Å². The molecule has 0 bridgehead atoms. The fraction of sp³-hybridized carbons (Fsp3) is 0.350. The Balaban J connectivity index is 0.00000151. The average molecular weight is 352 g/mol. The molecule has 2 nitrogen and oxygen atoms in total. The summed E-state index contributed by atoms with van der Waals surface area (Å²) < 4.78 is 44.4. The van der Waals surface area contributed by atoms with Crippen molar-refractivity contribution in [3.63, 3.8) is 0 Å². The number of carbonyl (C=O) groups excluding carboxylic acids is 1. The molecule has 0 fully saturated rings. The third-order valence-electron chi connectivity index (χ3n) is 3.46. The Kier molecular flexibility index (Phi) is 8.19. The second-order valence-corrected chi connectivity index (χ2v) is 5.18. The summed E-state index contributed by atoms with van der Waals surface area (Å²) in [7, 11) is 0. The molecule has 0 atom stereocenters. The molecule has 0 aliphatic rings. The van der Waals surface area contributed by atoms with Gasteiger partial charge in [0.15, 0.2) is 0 Å². The summed E-state index contributed by atoms with van der Waals surface area (Å²) in [5.41, 5.74) is 0.494. The SMILES string of the molecule is CC.CCCCc1cc(Oc2ccccc2C(F)(F)F)ccc1C=O. The molecule has 0 aromatic heterocycles. The number of unbranched alkanes of at least 4 members (excludes halogenated alkanes) is 1. The van der Waals surface area contributed by atoms with Gasteiger partial charge in [0.05, 0.1) is 5.56 Å². The second-order valence-electron chi connectivity index (χ2n) is 5.18. The number of ether oxygens (including phenoxy) is 1. The number of carbonyl (C=O) groups is 1. The summed E-state index contributed by atoms with van der Waals surface area (Å²) in [5.74, 6) is 0.0405. The summed E-state index contributed by atoms with van der Waals surface area (Å²) >= 11 is 0. The van der Waals surface area contributed by atoms with Crippen LogP contribution in [0.15, 0.2) is 42.5 Å². The largest absolute Gasteiger partial charge is 0.457 e. The Morgan fingerprint density at radius 2 is 1.76 bits per heavy atom. The number of hydrogen-bond donors (Lipinski definition) is 0. The van der Waals surface area contributed by atoms with Crippen LogP contribution >= 0.6 is 0 Å². The Morgan fingerprint density at radius 3 is 2.36 bits per heavy atom. The highest BCUT2D eigenvalue weighted by Crippen LogP contribution is 2.38. The van der Waals surface area contributed by atoms with E-state index in [-0.39, 0.29) is 5.75 Å². The van der Waals surface area contributed by atoms with Gasteiger partial charge in [-0.3, -0.25) is 4.79 Å². The summed E-state index contributed by atoms with van der Waals surface area (Å²) in [6.45, 7) is 6.03. The Bertz CT molecular complexity index is 679. The van der Waals surface area contributed by atoms with Crippen LogP contribution in [-0.2, 0) is 12.6 Å². The number of aldehydes is 1. The molecule has 5 heteroatoms. The smallest absolute Gasteiger partial charge is 0.419 e. The van der Waals surface area contributed by atoms with Gasteiger partial charge in [0.25, 0.3) is 0 Å². The lowest BCUT2D eigenvalue weighted by atomic mass is 10.0. The molecule has 2 rings (SSSR count). The van der Waals surface area contributed by atoms with Crippen molar-refractivity contribution in [2.45, 2.75) is 46.2 Å². The Hall–Kier alpha value is -2.30. The number of hydrogen-bond acceptors (Lipinski definition) is 2. The maximum atomic E-state index is 13.0. The molecular formula is C20H23F3O2. The Morgan fingerprint density at radius 1 is 1.08 bits per heavy atom. The Labute approximate surface area is 146 Å². The molecule has 25 heavy (non-hydrogen) atoms. The standard InChI is InChI=1S/C18H17F3O2.C2H6/c1-2-3-6-13-11-15(10-9-14(13)12-22)23-17-8-5-4-7-16(17)18(19,20)21;1-2/h4-5,7-12H,2-3,6H2,1H3;1-2H3. The van der Waals surface area contributed by atoms with Crippen LogP contribution < -0.4 is 4.74 Å². The van der Waals surface area contributed by atoms with E-state index in [0.717, 1.165) is 30.8 Å². The quantitative estimate of drug-likeness (QED) is 0.542. The van der Waals surface area contributed by atoms with Crippen LogP contribution in [0.2, 0.25) is 0 Å². The van der Waals surface area contributed by atoms with E-state index in [1.807, 2.05) is 20.8 Å². The minimum absolute atomic E-state index is 0.250. The van der Waals surface area contributed by atoms with Gasteiger partial charge in [0.1, 0.15) is 17.8 Å². The van der Waals surface area contributed by atoms with E-state index in [1.54, 1.807) is 12.1 Å². The van der Waals surface area contributed by atoms with Crippen LogP contribution in [0.5, 0.6) is 11.5 Å². The zero-order valence-electron chi connectivity index (χ0n) is 14.7. The molecular weight excluding hydrogens is 329 g/mol. The summed E-state index contributed by atoms with van der Waals surface area (Å²) in [4.78, 5) is 11.1. The molecule has 0 saturated carbocycles. The molecule has 0 saturated heterocycles. The minimum Gasteiger partial charge on any atom is -0.457 e. The highest BCUT2D eigenvalue weighted by Gasteiger charge is 2.34. The van der Waals surface area contributed by atoms with Crippen molar-refractivity contribution < 1.29 is 22.7 Å². The van der Waals surface area contributed by atoms with Gasteiger partial charge in [0, 0.05) is 5.56 Å². The third-order valence-corrected chi connectivity index (χ3v) is 3.46. The first-order valence-corrected chi connectivity index (χ1v) is 8.38. The lowest BCUT2D eigenvalue weighted by molar-refractivity contribution is -0.138. The normalized spacial score (nSPS) is 10.6. The first-order valence-electron chi connectivity index (χ1n) is 8.38. The summed E-state index contributed by atoms with van der Waals surface area (Å²) in [5, 5.41) is 0. The van der Waals surface area contributed by atoms with Crippen molar-refractivity contribution >= 4 is 6.29 Å². The number of benzene rings is 2. The minimum atomic E-state index is -4.48. The molecule has 0 unspecified atom stereocenters. The third kappa shape index (κ3) is 5.93. The van der Waals surface area contributed by atoms with E-state index in [0.29, 0.717) is 17.7 Å². The van der Waals surface area contributed by atoms with Gasteiger partial charge >= 0.3 is 6.18 Å². The first-order chi connectivity index (χ1) is 12.0. The predicted molar refractivity (Wildman–Crippen MR) is 93.3 cm³/mol.